The third kappa shape index (κ3) is 2.83. The van der Waals surface area contributed by atoms with E-state index in [0.29, 0.717) is 18.1 Å². The van der Waals surface area contributed by atoms with Crippen molar-refractivity contribution < 1.29 is 13.9 Å². The fourth-order valence-electron chi connectivity index (χ4n) is 3.47. The summed E-state index contributed by atoms with van der Waals surface area (Å²) >= 11 is 1.51. The minimum Gasteiger partial charge on any atom is -0.467 e. The van der Waals surface area contributed by atoms with Gasteiger partial charge >= 0.3 is 0 Å². The Balaban J connectivity index is 1.55. The van der Waals surface area contributed by atoms with Gasteiger partial charge in [-0.1, -0.05) is 30.0 Å². The van der Waals surface area contributed by atoms with Gasteiger partial charge in [0.2, 0.25) is 0 Å². The van der Waals surface area contributed by atoms with Crippen molar-refractivity contribution >= 4 is 28.3 Å². The molecule has 3 heterocycles. The molecule has 0 unspecified atom stereocenters. The molecular formula is C20H16FN3O2S. The minimum atomic E-state index is -0.286. The van der Waals surface area contributed by atoms with E-state index < -0.39 is 0 Å². The summed E-state index contributed by atoms with van der Waals surface area (Å²) in [5, 5.41) is 10.6. The second kappa shape index (κ2) is 6.51. The van der Waals surface area contributed by atoms with Crippen LogP contribution in [0.5, 0.6) is 5.75 Å². The molecule has 1 aliphatic rings. The molecule has 1 aliphatic heterocycles. The fraction of sp³-hybridized carbons (Fsp3) is 0.200. The van der Waals surface area contributed by atoms with Crippen molar-refractivity contribution in [2.45, 2.75) is 24.4 Å². The van der Waals surface area contributed by atoms with Crippen LogP contribution in [-0.4, -0.2) is 21.4 Å². The number of benzene rings is 2. The Morgan fingerprint density at radius 3 is 3.00 bits per heavy atom. The normalized spacial score (nSPS) is 13.7. The summed E-state index contributed by atoms with van der Waals surface area (Å²) < 4.78 is 26.9. The predicted molar refractivity (Wildman–Crippen MR) is 101 cm³/mol. The van der Waals surface area contributed by atoms with Crippen molar-refractivity contribution in [1.82, 2.24) is 14.6 Å². The van der Waals surface area contributed by atoms with E-state index in [1.54, 1.807) is 0 Å². The summed E-state index contributed by atoms with van der Waals surface area (Å²) in [6.45, 7) is 2.62. The SMILES string of the molecule is Cc1cc2nnc(SCc3cc(F)cc4c3OCOC4)n2c2ccccc12. The van der Waals surface area contributed by atoms with Crippen LogP contribution >= 0.6 is 11.8 Å². The van der Waals surface area contributed by atoms with Gasteiger partial charge in [0.25, 0.3) is 0 Å². The van der Waals surface area contributed by atoms with Crippen LogP contribution in [0.2, 0.25) is 0 Å². The average Bonchev–Trinajstić information content (AvgIpc) is 3.09. The van der Waals surface area contributed by atoms with E-state index in [2.05, 4.69) is 29.3 Å². The van der Waals surface area contributed by atoms with Gasteiger partial charge in [0.1, 0.15) is 11.6 Å². The fourth-order valence-corrected chi connectivity index (χ4v) is 4.39. The Bertz CT molecular complexity index is 1180. The zero-order chi connectivity index (χ0) is 18.4. The molecule has 5 rings (SSSR count). The van der Waals surface area contributed by atoms with Crippen LogP contribution in [0.15, 0.2) is 47.6 Å². The smallest absolute Gasteiger partial charge is 0.196 e. The molecular weight excluding hydrogens is 365 g/mol. The molecule has 2 aromatic heterocycles. The van der Waals surface area contributed by atoms with Crippen LogP contribution in [0.4, 0.5) is 4.39 Å². The van der Waals surface area contributed by atoms with Gasteiger partial charge in [0.05, 0.1) is 12.1 Å². The lowest BCUT2D eigenvalue weighted by Crippen LogP contribution is -2.13. The van der Waals surface area contributed by atoms with Crippen LogP contribution < -0.4 is 4.74 Å². The highest BCUT2D eigenvalue weighted by Gasteiger charge is 2.18. The molecule has 5 nitrogen and oxygen atoms in total. The Morgan fingerprint density at radius 2 is 2.07 bits per heavy atom. The summed E-state index contributed by atoms with van der Waals surface area (Å²) in [6.07, 6.45) is 0. The van der Waals surface area contributed by atoms with Crippen LogP contribution in [-0.2, 0) is 17.1 Å². The van der Waals surface area contributed by atoms with Gasteiger partial charge in [-0.3, -0.25) is 4.40 Å². The number of para-hydroxylation sites is 1. The van der Waals surface area contributed by atoms with Crippen molar-refractivity contribution in [3.05, 3.63) is 65.0 Å². The predicted octanol–water partition coefficient (Wildman–Crippen LogP) is 4.49. The number of pyridine rings is 1. The molecule has 0 bridgehead atoms. The molecule has 2 aromatic carbocycles. The first-order valence-corrected chi connectivity index (χ1v) is 9.57. The van der Waals surface area contributed by atoms with E-state index in [1.807, 2.05) is 22.6 Å². The van der Waals surface area contributed by atoms with Gasteiger partial charge in [-0.05, 0) is 36.8 Å². The van der Waals surface area contributed by atoms with E-state index in [1.165, 1.54) is 23.9 Å². The maximum absolute atomic E-state index is 14.0. The first-order valence-electron chi connectivity index (χ1n) is 8.59. The van der Waals surface area contributed by atoms with Gasteiger partial charge in [0.15, 0.2) is 17.6 Å². The topological polar surface area (TPSA) is 48.7 Å². The van der Waals surface area contributed by atoms with Crippen molar-refractivity contribution in [3.8, 4) is 5.75 Å². The third-order valence-electron chi connectivity index (χ3n) is 4.68. The van der Waals surface area contributed by atoms with Gasteiger partial charge in [0, 0.05) is 22.3 Å². The molecule has 27 heavy (non-hydrogen) atoms. The molecule has 4 aromatic rings. The summed E-state index contributed by atoms with van der Waals surface area (Å²) in [5.41, 5.74) is 4.57. The van der Waals surface area contributed by atoms with Gasteiger partial charge in [-0.25, -0.2) is 4.39 Å². The van der Waals surface area contributed by atoms with Crippen LogP contribution in [0.3, 0.4) is 0 Å². The Kier molecular flexibility index (Phi) is 3.98. The molecule has 0 fully saturated rings. The van der Waals surface area contributed by atoms with Crippen molar-refractivity contribution in [2.24, 2.45) is 0 Å². The first kappa shape index (κ1) is 16.5. The van der Waals surface area contributed by atoms with E-state index in [-0.39, 0.29) is 12.6 Å². The van der Waals surface area contributed by atoms with Crippen molar-refractivity contribution in [2.75, 3.05) is 6.79 Å². The van der Waals surface area contributed by atoms with Gasteiger partial charge in [-0.2, -0.15) is 0 Å². The number of aromatic nitrogens is 3. The highest BCUT2D eigenvalue weighted by Crippen LogP contribution is 2.34. The molecule has 7 heteroatoms. The summed E-state index contributed by atoms with van der Waals surface area (Å²) in [4.78, 5) is 0. The molecule has 0 amide bonds. The van der Waals surface area contributed by atoms with Crippen LogP contribution in [0, 0.1) is 12.7 Å². The van der Waals surface area contributed by atoms with E-state index in [0.717, 1.165) is 38.4 Å². The minimum absolute atomic E-state index is 0.189. The third-order valence-corrected chi connectivity index (χ3v) is 5.66. The van der Waals surface area contributed by atoms with Crippen molar-refractivity contribution in [3.63, 3.8) is 0 Å². The number of aryl methyl sites for hydroxylation is 1. The number of nitrogens with zero attached hydrogens (tertiary/aromatic N) is 3. The second-order valence-corrected chi connectivity index (χ2v) is 7.42. The second-order valence-electron chi connectivity index (χ2n) is 6.47. The molecule has 0 saturated carbocycles. The Hall–Kier alpha value is -2.64. The van der Waals surface area contributed by atoms with E-state index in [9.17, 15) is 4.39 Å². The van der Waals surface area contributed by atoms with E-state index >= 15 is 0 Å². The summed E-state index contributed by atoms with van der Waals surface area (Å²) in [6, 6.07) is 13.2. The maximum Gasteiger partial charge on any atom is 0.196 e. The molecule has 136 valence electrons. The van der Waals surface area contributed by atoms with E-state index in [4.69, 9.17) is 9.47 Å². The molecule has 0 spiro atoms. The zero-order valence-electron chi connectivity index (χ0n) is 14.6. The molecule has 0 saturated heterocycles. The largest absolute Gasteiger partial charge is 0.467 e. The maximum atomic E-state index is 14.0. The van der Waals surface area contributed by atoms with Crippen LogP contribution in [0.1, 0.15) is 16.7 Å². The summed E-state index contributed by atoms with van der Waals surface area (Å²) in [7, 11) is 0. The highest BCUT2D eigenvalue weighted by molar-refractivity contribution is 7.98. The number of fused-ring (bicyclic) bond motifs is 4. The van der Waals surface area contributed by atoms with Gasteiger partial charge < -0.3 is 9.47 Å². The number of hydrogen-bond acceptors (Lipinski definition) is 5. The summed E-state index contributed by atoms with van der Waals surface area (Å²) in [5.74, 6) is 0.957. The monoisotopic (exact) mass is 381 g/mol. The highest BCUT2D eigenvalue weighted by atomic mass is 32.2. The molecule has 0 atom stereocenters. The lowest BCUT2D eigenvalue weighted by atomic mass is 10.1. The number of thioether (sulfide) groups is 1. The zero-order valence-corrected chi connectivity index (χ0v) is 15.4. The number of halogens is 1. The molecule has 0 radical (unpaired) electrons. The number of hydrogen-bond donors (Lipinski definition) is 0. The Labute approximate surface area is 159 Å². The van der Waals surface area contributed by atoms with Crippen LogP contribution in [0.25, 0.3) is 16.6 Å². The number of ether oxygens (including phenoxy) is 2. The standard InChI is InChI=1S/C20H16FN3O2S/c1-12-6-18-22-23-20(24(18)17-5-3-2-4-16(12)17)27-10-14-8-15(21)7-13-9-25-11-26-19(13)14/h2-8H,9-11H2,1H3. The Morgan fingerprint density at radius 1 is 1.19 bits per heavy atom. The lowest BCUT2D eigenvalue weighted by Gasteiger charge is -2.20. The molecule has 0 N–H and O–H groups in total. The lowest BCUT2D eigenvalue weighted by molar-refractivity contribution is -0.0171. The molecule has 0 aliphatic carbocycles. The quantitative estimate of drug-likeness (QED) is 0.490. The van der Waals surface area contributed by atoms with Crippen molar-refractivity contribution in [1.29, 1.82) is 0 Å². The van der Waals surface area contributed by atoms with Gasteiger partial charge in [-0.15, -0.1) is 10.2 Å². The number of rotatable bonds is 3. The first-order chi connectivity index (χ1) is 13.2. The average molecular weight is 381 g/mol.